The summed E-state index contributed by atoms with van der Waals surface area (Å²) >= 11 is 0. The van der Waals surface area contributed by atoms with Crippen molar-refractivity contribution < 1.29 is 14.3 Å². The van der Waals surface area contributed by atoms with E-state index in [0.29, 0.717) is 6.42 Å². The molecule has 0 aromatic rings. The van der Waals surface area contributed by atoms with Crippen LogP contribution in [0.3, 0.4) is 0 Å². The predicted octanol–water partition coefficient (Wildman–Crippen LogP) is 1.49. The van der Waals surface area contributed by atoms with Crippen molar-refractivity contribution >= 4 is 12.0 Å². The zero-order valence-corrected chi connectivity index (χ0v) is 13.1. The second-order valence-corrected chi connectivity index (χ2v) is 6.97. The minimum atomic E-state index is -0.620. The number of hydrogen-bond donors (Lipinski definition) is 3. The van der Waals surface area contributed by atoms with E-state index < -0.39 is 23.4 Å². The van der Waals surface area contributed by atoms with Crippen molar-refractivity contribution in [3.8, 4) is 0 Å². The Morgan fingerprint density at radius 3 is 2.25 bits per heavy atom. The van der Waals surface area contributed by atoms with Crippen molar-refractivity contribution in [2.75, 3.05) is 0 Å². The minimum absolute atomic E-state index is 0.246. The zero-order chi connectivity index (χ0) is 15.6. The molecular weight excluding hydrogens is 258 g/mol. The van der Waals surface area contributed by atoms with Gasteiger partial charge in [-0.15, -0.1) is 0 Å². The molecule has 1 rings (SSSR count). The Morgan fingerprint density at radius 2 is 1.85 bits per heavy atom. The summed E-state index contributed by atoms with van der Waals surface area (Å²) in [6, 6.07) is -0.620. The second kappa shape index (κ2) is 5.99. The number of amides is 2. The van der Waals surface area contributed by atoms with E-state index in [0.717, 1.165) is 12.8 Å². The molecule has 0 aromatic carbocycles. The molecule has 1 aliphatic carbocycles. The van der Waals surface area contributed by atoms with Crippen molar-refractivity contribution in [3.63, 3.8) is 0 Å². The molecule has 0 aliphatic heterocycles. The summed E-state index contributed by atoms with van der Waals surface area (Å²) in [5.74, 6) is 0.0261. The molecular formula is C14H27N3O3. The molecule has 0 aromatic heterocycles. The average molecular weight is 285 g/mol. The molecule has 20 heavy (non-hydrogen) atoms. The SMILES string of the molecule is CC(C)CC(NC(=O)OC(C)(C)C)C(=O)NC1(N)CC1. The molecule has 1 fully saturated rings. The third-order valence-electron chi connectivity index (χ3n) is 2.88. The van der Waals surface area contributed by atoms with Crippen LogP contribution in [0.1, 0.15) is 53.9 Å². The molecule has 1 atom stereocenters. The Balaban J connectivity index is 2.59. The van der Waals surface area contributed by atoms with Crippen LogP contribution in [0.15, 0.2) is 0 Å². The van der Waals surface area contributed by atoms with Crippen LogP contribution >= 0.6 is 0 Å². The topological polar surface area (TPSA) is 93.4 Å². The highest BCUT2D eigenvalue weighted by molar-refractivity contribution is 5.86. The quantitative estimate of drug-likeness (QED) is 0.667. The Labute approximate surface area is 120 Å². The molecule has 1 unspecified atom stereocenters. The number of nitrogens with two attached hydrogens (primary N) is 1. The summed E-state index contributed by atoms with van der Waals surface area (Å²) in [6.45, 7) is 9.33. The van der Waals surface area contributed by atoms with Gasteiger partial charge in [-0.3, -0.25) is 4.79 Å². The molecule has 2 amide bonds. The van der Waals surface area contributed by atoms with Gasteiger partial charge in [-0.2, -0.15) is 0 Å². The monoisotopic (exact) mass is 285 g/mol. The number of carbonyl (C=O) groups excluding carboxylic acids is 2. The largest absolute Gasteiger partial charge is 0.444 e. The van der Waals surface area contributed by atoms with Gasteiger partial charge >= 0.3 is 6.09 Å². The summed E-state index contributed by atoms with van der Waals surface area (Å²) in [5, 5.41) is 5.40. The Morgan fingerprint density at radius 1 is 1.30 bits per heavy atom. The molecule has 6 heteroatoms. The lowest BCUT2D eigenvalue weighted by Gasteiger charge is -2.25. The van der Waals surface area contributed by atoms with E-state index in [9.17, 15) is 9.59 Å². The third kappa shape index (κ3) is 6.23. The van der Waals surface area contributed by atoms with Gasteiger partial charge in [-0.1, -0.05) is 13.8 Å². The van der Waals surface area contributed by atoms with Crippen molar-refractivity contribution in [3.05, 3.63) is 0 Å². The molecule has 0 heterocycles. The van der Waals surface area contributed by atoms with Gasteiger partial charge in [0.15, 0.2) is 0 Å². The van der Waals surface area contributed by atoms with Crippen molar-refractivity contribution in [1.29, 1.82) is 0 Å². The Kier molecular flexibility index (Phi) is 5.02. The van der Waals surface area contributed by atoms with E-state index in [4.69, 9.17) is 10.5 Å². The Hall–Kier alpha value is -1.30. The lowest BCUT2D eigenvalue weighted by Crippen LogP contribution is -2.54. The normalized spacial score (nSPS) is 18.4. The van der Waals surface area contributed by atoms with Crippen LogP contribution in [0.4, 0.5) is 4.79 Å². The molecule has 0 bridgehead atoms. The van der Waals surface area contributed by atoms with Crippen LogP contribution in [0, 0.1) is 5.92 Å². The van der Waals surface area contributed by atoms with Gasteiger partial charge in [0.2, 0.25) is 5.91 Å². The van der Waals surface area contributed by atoms with Crippen molar-refractivity contribution in [2.45, 2.75) is 71.2 Å². The van der Waals surface area contributed by atoms with E-state index in [2.05, 4.69) is 10.6 Å². The van der Waals surface area contributed by atoms with E-state index in [1.54, 1.807) is 20.8 Å². The molecule has 4 N–H and O–H groups in total. The molecule has 1 saturated carbocycles. The number of carbonyl (C=O) groups is 2. The standard InChI is InChI=1S/C14H27N3O3/c1-9(2)8-10(11(18)17-14(15)6-7-14)16-12(19)20-13(3,4)5/h9-10H,6-8,15H2,1-5H3,(H,16,19)(H,17,18). The van der Waals surface area contributed by atoms with Gasteiger partial charge in [0.05, 0.1) is 5.66 Å². The molecule has 116 valence electrons. The summed E-state index contributed by atoms with van der Waals surface area (Å²) in [5.41, 5.74) is 4.70. The molecule has 0 saturated heterocycles. The second-order valence-electron chi connectivity index (χ2n) is 6.97. The van der Waals surface area contributed by atoms with Crippen molar-refractivity contribution in [2.24, 2.45) is 11.7 Å². The molecule has 0 radical (unpaired) electrons. The smallest absolute Gasteiger partial charge is 0.408 e. The van der Waals surface area contributed by atoms with E-state index >= 15 is 0 Å². The first-order chi connectivity index (χ1) is 9.01. The maximum Gasteiger partial charge on any atom is 0.408 e. The minimum Gasteiger partial charge on any atom is -0.444 e. The fourth-order valence-electron chi connectivity index (χ4n) is 1.74. The number of alkyl carbamates (subject to hydrolysis) is 1. The number of ether oxygens (including phenoxy) is 1. The molecule has 0 spiro atoms. The predicted molar refractivity (Wildman–Crippen MR) is 76.9 cm³/mol. The average Bonchev–Trinajstić information content (AvgIpc) is 2.91. The lowest BCUT2D eigenvalue weighted by atomic mass is 10.0. The fraction of sp³-hybridized carbons (Fsp3) is 0.857. The highest BCUT2D eigenvalue weighted by Gasteiger charge is 2.41. The van der Waals surface area contributed by atoms with Crippen LogP contribution in [0.2, 0.25) is 0 Å². The van der Waals surface area contributed by atoms with E-state index in [1.807, 2.05) is 13.8 Å². The number of hydrogen-bond acceptors (Lipinski definition) is 4. The maximum atomic E-state index is 12.2. The first-order valence-corrected chi connectivity index (χ1v) is 7.11. The van der Waals surface area contributed by atoms with Gasteiger partial charge in [-0.25, -0.2) is 4.79 Å². The molecule has 6 nitrogen and oxygen atoms in total. The summed E-state index contributed by atoms with van der Waals surface area (Å²) in [4.78, 5) is 24.0. The first-order valence-electron chi connectivity index (χ1n) is 7.11. The van der Waals surface area contributed by atoms with Gasteiger partial charge in [-0.05, 0) is 46.0 Å². The van der Waals surface area contributed by atoms with Crippen LogP contribution in [0.25, 0.3) is 0 Å². The third-order valence-corrected chi connectivity index (χ3v) is 2.88. The first kappa shape index (κ1) is 16.8. The van der Waals surface area contributed by atoms with Crippen LogP contribution in [0.5, 0.6) is 0 Å². The van der Waals surface area contributed by atoms with Gasteiger partial charge in [0, 0.05) is 0 Å². The molecule has 1 aliphatic rings. The van der Waals surface area contributed by atoms with Gasteiger partial charge in [0.1, 0.15) is 11.6 Å². The van der Waals surface area contributed by atoms with Crippen molar-refractivity contribution in [1.82, 2.24) is 10.6 Å². The Bertz CT molecular complexity index is 370. The number of nitrogens with one attached hydrogen (secondary N) is 2. The summed E-state index contributed by atoms with van der Waals surface area (Å²) in [6.07, 6.45) is 1.51. The zero-order valence-electron chi connectivity index (χ0n) is 13.1. The van der Waals surface area contributed by atoms with Crippen LogP contribution in [-0.4, -0.2) is 29.3 Å². The maximum absolute atomic E-state index is 12.2. The van der Waals surface area contributed by atoms with Crippen LogP contribution in [-0.2, 0) is 9.53 Å². The van der Waals surface area contributed by atoms with Gasteiger partial charge < -0.3 is 21.1 Å². The van der Waals surface area contributed by atoms with E-state index in [-0.39, 0.29) is 11.8 Å². The number of rotatable bonds is 5. The lowest BCUT2D eigenvalue weighted by molar-refractivity contribution is -0.124. The summed E-state index contributed by atoms with van der Waals surface area (Å²) in [7, 11) is 0. The van der Waals surface area contributed by atoms with Gasteiger partial charge in [0.25, 0.3) is 0 Å². The van der Waals surface area contributed by atoms with Crippen LogP contribution < -0.4 is 16.4 Å². The highest BCUT2D eigenvalue weighted by atomic mass is 16.6. The summed E-state index contributed by atoms with van der Waals surface area (Å²) < 4.78 is 5.18. The highest BCUT2D eigenvalue weighted by Crippen LogP contribution is 2.28. The fourth-order valence-corrected chi connectivity index (χ4v) is 1.74. The van der Waals surface area contributed by atoms with E-state index in [1.165, 1.54) is 0 Å².